The molecule has 0 amide bonds. The van der Waals surface area contributed by atoms with Crippen LogP contribution in [-0.2, 0) is 14.9 Å². The average molecular weight is 477 g/mol. The molecule has 0 radical (unpaired) electrons. The van der Waals surface area contributed by atoms with E-state index in [1.807, 2.05) is 0 Å². The first-order valence-corrected chi connectivity index (χ1v) is 12.3. The summed E-state index contributed by atoms with van der Waals surface area (Å²) in [5.41, 5.74) is 4.49. The third kappa shape index (κ3) is 4.61. The average Bonchev–Trinajstić information content (AvgIpc) is 3.68. The molecule has 172 valence electrons. The van der Waals surface area contributed by atoms with Gasteiger partial charge in [0.2, 0.25) is 0 Å². The zero-order chi connectivity index (χ0) is 22.3. The molecule has 6 heteroatoms. The van der Waals surface area contributed by atoms with Crippen LogP contribution in [-0.4, -0.2) is 38.6 Å². The molecule has 4 nitrogen and oxygen atoms in total. The summed E-state index contributed by atoms with van der Waals surface area (Å²) < 4.78 is 22.5. The largest absolute Gasteiger partial charge is 0.489 e. The van der Waals surface area contributed by atoms with Gasteiger partial charge in [0, 0.05) is 5.41 Å². The summed E-state index contributed by atoms with van der Waals surface area (Å²) in [4.78, 5) is 0. The predicted octanol–water partition coefficient (Wildman–Crippen LogP) is 6.42. The lowest BCUT2D eigenvalue weighted by molar-refractivity contribution is 0.261. The van der Waals surface area contributed by atoms with Crippen molar-refractivity contribution in [2.45, 2.75) is 63.6 Å². The number of benzene rings is 2. The zero-order valence-corrected chi connectivity index (χ0v) is 20.2. The number of hydrogen-bond donors (Lipinski definition) is 0. The standard InChI is InChI=1S/C26H30Cl2O4/c1-16-8-18(10-22(27)24(16)31-14-20-12-29-20)26(6-4-3-5-7-26)19-9-17(2)25(23(28)11-19)32-15-21-13-30-21/h8-11,20-21H,3-7,12-15H2,1-2H3. The summed E-state index contributed by atoms with van der Waals surface area (Å²) in [6.07, 6.45) is 6.17. The number of rotatable bonds is 8. The quantitative estimate of drug-likeness (QED) is 0.412. The molecular formula is C26H30Cl2O4. The summed E-state index contributed by atoms with van der Waals surface area (Å²) in [5.74, 6) is 1.52. The van der Waals surface area contributed by atoms with Crippen molar-refractivity contribution in [2.75, 3.05) is 26.4 Å². The van der Waals surface area contributed by atoms with Gasteiger partial charge in [-0.25, -0.2) is 0 Å². The molecule has 2 aliphatic heterocycles. The van der Waals surface area contributed by atoms with E-state index in [9.17, 15) is 0 Å². The molecule has 5 rings (SSSR count). The van der Waals surface area contributed by atoms with Crippen LogP contribution in [0.2, 0.25) is 10.0 Å². The van der Waals surface area contributed by atoms with Gasteiger partial charge in [0.05, 0.1) is 23.3 Å². The Morgan fingerprint density at radius 3 is 1.59 bits per heavy atom. The van der Waals surface area contributed by atoms with E-state index in [4.69, 9.17) is 42.1 Å². The first kappa shape index (κ1) is 22.3. The normalized spacial score (nSPS) is 23.6. The van der Waals surface area contributed by atoms with Gasteiger partial charge >= 0.3 is 0 Å². The van der Waals surface area contributed by atoms with Crippen molar-refractivity contribution < 1.29 is 18.9 Å². The molecule has 3 aliphatic rings. The topological polar surface area (TPSA) is 43.5 Å². The smallest absolute Gasteiger partial charge is 0.140 e. The van der Waals surface area contributed by atoms with Crippen molar-refractivity contribution in [1.82, 2.24) is 0 Å². The second-order valence-corrected chi connectivity index (χ2v) is 10.2. The molecular weight excluding hydrogens is 447 g/mol. The molecule has 1 aliphatic carbocycles. The lowest BCUT2D eigenvalue weighted by Gasteiger charge is -2.39. The summed E-state index contributed by atoms with van der Waals surface area (Å²) in [6.45, 7) is 6.78. The number of epoxide rings is 2. The van der Waals surface area contributed by atoms with Crippen molar-refractivity contribution in [3.05, 3.63) is 56.6 Å². The van der Waals surface area contributed by atoms with Gasteiger partial charge in [-0.15, -0.1) is 0 Å². The highest BCUT2D eigenvalue weighted by molar-refractivity contribution is 6.32. The van der Waals surface area contributed by atoms with Crippen LogP contribution in [0.25, 0.3) is 0 Å². The van der Waals surface area contributed by atoms with Crippen molar-refractivity contribution in [1.29, 1.82) is 0 Å². The molecule has 2 saturated heterocycles. The van der Waals surface area contributed by atoms with E-state index in [0.717, 1.165) is 48.7 Å². The highest BCUT2D eigenvalue weighted by atomic mass is 35.5. The second kappa shape index (κ2) is 9.06. The van der Waals surface area contributed by atoms with Crippen LogP contribution in [0, 0.1) is 13.8 Å². The van der Waals surface area contributed by atoms with Crippen molar-refractivity contribution in [3.8, 4) is 11.5 Å². The Hall–Kier alpha value is -1.46. The Balaban J connectivity index is 1.49. The van der Waals surface area contributed by atoms with Crippen molar-refractivity contribution in [2.24, 2.45) is 0 Å². The molecule has 32 heavy (non-hydrogen) atoms. The molecule has 0 N–H and O–H groups in total. The van der Waals surface area contributed by atoms with Crippen LogP contribution >= 0.6 is 23.2 Å². The van der Waals surface area contributed by atoms with Crippen LogP contribution in [0.5, 0.6) is 11.5 Å². The maximum atomic E-state index is 6.75. The van der Waals surface area contributed by atoms with Gasteiger partial charge in [0.15, 0.2) is 0 Å². The van der Waals surface area contributed by atoms with E-state index in [1.165, 1.54) is 30.4 Å². The first-order valence-electron chi connectivity index (χ1n) is 11.6. The Bertz CT molecular complexity index is 872. The summed E-state index contributed by atoms with van der Waals surface area (Å²) >= 11 is 13.5. The molecule has 0 bridgehead atoms. The fourth-order valence-corrected chi connectivity index (χ4v) is 5.60. The van der Waals surface area contributed by atoms with Crippen molar-refractivity contribution in [3.63, 3.8) is 0 Å². The monoisotopic (exact) mass is 476 g/mol. The minimum Gasteiger partial charge on any atom is -0.489 e. The molecule has 2 unspecified atom stereocenters. The van der Waals surface area contributed by atoms with Gasteiger partial charge in [-0.2, -0.15) is 0 Å². The van der Waals surface area contributed by atoms with Crippen molar-refractivity contribution >= 4 is 23.2 Å². The van der Waals surface area contributed by atoms with Gasteiger partial charge in [-0.1, -0.05) is 54.6 Å². The third-order valence-electron chi connectivity index (χ3n) is 6.90. The minimum atomic E-state index is -0.114. The third-order valence-corrected chi connectivity index (χ3v) is 7.46. The first-order chi connectivity index (χ1) is 15.5. The van der Waals surface area contributed by atoms with Gasteiger partial charge in [0.1, 0.15) is 36.9 Å². The lowest BCUT2D eigenvalue weighted by atomic mass is 9.65. The zero-order valence-electron chi connectivity index (χ0n) is 18.7. The van der Waals surface area contributed by atoms with Crippen LogP contribution in [0.3, 0.4) is 0 Å². The molecule has 3 fully saturated rings. The second-order valence-electron chi connectivity index (χ2n) is 9.38. The Kier molecular flexibility index (Phi) is 6.32. The highest BCUT2D eigenvalue weighted by Gasteiger charge is 2.37. The Morgan fingerprint density at radius 1 is 0.781 bits per heavy atom. The number of aryl methyl sites for hydroxylation is 2. The summed E-state index contributed by atoms with van der Waals surface area (Å²) in [5, 5.41) is 1.33. The maximum Gasteiger partial charge on any atom is 0.140 e. The molecule has 2 aromatic carbocycles. The highest BCUT2D eigenvalue weighted by Crippen LogP contribution is 2.49. The molecule has 2 atom stereocenters. The van der Waals surface area contributed by atoms with Crippen LogP contribution in [0.15, 0.2) is 24.3 Å². The van der Waals surface area contributed by atoms with E-state index in [1.54, 1.807) is 0 Å². The van der Waals surface area contributed by atoms with E-state index in [-0.39, 0.29) is 17.6 Å². The number of ether oxygens (including phenoxy) is 4. The Morgan fingerprint density at radius 2 is 1.22 bits per heavy atom. The lowest BCUT2D eigenvalue weighted by Crippen LogP contribution is -2.31. The SMILES string of the molecule is Cc1cc(C2(c3cc(C)c(OCC4CO4)c(Cl)c3)CCCCC2)cc(Cl)c1OCC1CO1. The number of hydrogen-bond acceptors (Lipinski definition) is 4. The minimum absolute atomic E-state index is 0.114. The molecule has 0 spiro atoms. The van der Waals surface area contributed by atoms with Crippen LogP contribution < -0.4 is 9.47 Å². The van der Waals surface area contributed by atoms with Gasteiger partial charge in [-0.3, -0.25) is 0 Å². The van der Waals surface area contributed by atoms with E-state index >= 15 is 0 Å². The predicted molar refractivity (Wildman–Crippen MR) is 127 cm³/mol. The fraction of sp³-hybridized carbons (Fsp3) is 0.538. The molecule has 2 heterocycles. The van der Waals surface area contributed by atoms with E-state index in [0.29, 0.717) is 23.3 Å². The van der Waals surface area contributed by atoms with E-state index in [2.05, 4.69) is 38.1 Å². The molecule has 1 saturated carbocycles. The van der Waals surface area contributed by atoms with Crippen LogP contribution in [0.4, 0.5) is 0 Å². The van der Waals surface area contributed by atoms with E-state index < -0.39 is 0 Å². The van der Waals surface area contributed by atoms with Gasteiger partial charge < -0.3 is 18.9 Å². The summed E-state index contributed by atoms with van der Waals surface area (Å²) in [6, 6.07) is 8.69. The number of halogens is 2. The maximum absolute atomic E-state index is 6.75. The Labute approximate surface area is 200 Å². The fourth-order valence-electron chi connectivity index (χ4n) is 4.96. The molecule has 0 aromatic heterocycles. The van der Waals surface area contributed by atoms with Gasteiger partial charge in [0.25, 0.3) is 0 Å². The van der Waals surface area contributed by atoms with Crippen LogP contribution in [0.1, 0.15) is 54.4 Å². The van der Waals surface area contributed by atoms with Gasteiger partial charge in [-0.05, 0) is 61.1 Å². The summed E-state index contributed by atoms with van der Waals surface area (Å²) in [7, 11) is 0. The molecule has 2 aromatic rings.